The lowest BCUT2D eigenvalue weighted by Gasteiger charge is -2.18. The first-order valence-electron chi connectivity index (χ1n) is 8.94. The summed E-state index contributed by atoms with van der Waals surface area (Å²) in [4.78, 5) is 18.4. The van der Waals surface area contributed by atoms with E-state index in [1.807, 2.05) is 0 Å². The molecule has 2 aromatic carbocycles. The van der Waals surface area contributed by atoms with E-state index in [1.54, 1.807) is 37.4 Å². The maximum atomic E-state index is 12.4. The Bertz CT molecular complexity index is 984. The van der Waals surface area contributed by atoms with Crippen LogP contribution < -0.4 is 10.1 Å². The molecule has 0 unspecified atom stereocenters. The van der Waals surface area contributed by atoms with Gasteiger partial charge in [-0.25, -0.2) is 9.78 Å². The number of fused-ring (bicyclic) bond motifs is 1. The first kappa shape index (κ1) is 18.2. The predicted octanol–water partition coefficient (Wildman–Crippen LogP) is 4.97. The van der Waals surface area contributed by atoms with Crippen LogP contribution in [0.25, 0.3) is 11.1 Å². The fraction of sp³-hybridized carbons (Fsp3) is 0.300. The summed E-state index contributed by atoms with van der Waals surface area (Å²) >= 11 is 0. The van der Waals surface area contributed by atoms with Crippen LogP contribution in [0.15, 0.2) is 46.9 Å². The van der Waals surface area contributed by atoms with Gasteiger partial charge in [0.05, 0.1) is 0 Å². The van der Waals surface area contributed by atoms with Crippen molar-refractivity contribution in [1.82, 2.24) is 9.88 Å². The largest absolute Gasteiger partial charge is 0.440 e. The Morgan fingerprint density at radius 1 is 1.29 bits per heavy atom. The summed E-state index contributed by atoms with van der Waals surface area (Å²) in [6.07, 6.45) is 2.22. The van der Waals surface area contributed by atoms with E-state index in [2.05, 4.69) is 15.0 Å². The Hall–Kier alpha value is -3.16. The number of urea groups is 1. The molecule has 3 aromatic rings. The van der Waals surface area contributed by atoms with Gasteiger partial charge in [0.15, 0.2) is 11.5 Å². The number of rotatable bonds is 6. The van der Waals surface area contributed by atoms with Gasteiger partial charge in [0.25, 0.3) is 0 Å². The average molecular weight is 387 g/mol. The van der Waals surface area contributed by atoms with Gasteiger partial charge < -0.3 is 19.4 Å². The molecule has 1 aromatic heterocycles. The van der Waals surface area contributed by atoms with Gasteiger partial charge in [0, 0.05) is 25.2 Å². The summed E-state index contributed by atoms with van der Waals surface area (Å²) in [5, 5.41) is 2.83. The van der Waals surface area contributed by atoms with Crippen molar-refractivity contribution in [2.75, 3.05) is 12.4 Å². The van der Waals surface area contributed by atoms with Gasteiger partial charge >= 0.3 is 12.6 Å². The first-order valence-corrected chi connectivity index (χ1v) is 8.94. The maximum Gasteiger partial charge on any atom is 0.387 e. The predicted molar refractivity (Wildman–Crippen MR) is 99.5 cm³/mol. The van der Waals surface area contributed by atoms with Crippen LogP contribution >= 0.6 is 0 Å². The van der Waals surface area contributed by atoms with Crippen molar-refractivity contribution >= 4 is 22.8 Å². The highest BCUT2D eigenvalue weighted by molar-refractivity contribution is 5.91. The number of hydrogen-bond donors (Lipinski definition) is 1. The van der Waals surface area contributed by atoms with Crippen LogP contribution in [0, 0.1) is 0 Å². The van der Waals surface area contributed by atoms with E-state index in [4.69, 9.17) is 4.42 Å². The van der Waals surface area contributed by atoms with E-state index in [0.717, 1.165) is 29.8 Å². The van der Waals surface area contributed by atoms with Crippen LogP contribution in [-0.4, -0.2) is 29.6 Å². The summed E-state index contributed by atoms with van der Waals surface area (Å²) in [7, 11) is 1.65. The maximum absolute atomic E-state index is 12.4. The molecular formula is C20H19F2N3O3. The SMILES string of the molecule is CN(Cc1ccc(OC(F)F)cc1)C(=O)Nc1ccc2oc(C3CC3)nc2c1. The van der Waals surface area contributed by atoms with Crippen molar-refractivity contribution in [2.45, 2.75) is 31.9 Å². The Kier molecular flexibility index (Phi) is 4.85. The number of aromatic nitrogens is 1. The number of hydrogen-bond acceptors (Lipinski definition) is 4. The van der Waals surface area contributed by atoms with Crippen molar-refractivity contribution < 1.29 is 22.7 Å². The molecule has 1 aliphatic carbocycles. The second-order valence-corrected chi connectivity index (χ2v) is 6.82. The van der Waals surface area contributed by atoms with Crippen LogP contribution in [0.5, 0.6) is 5.75 Å². The van der Waals surface area contributed by atoms with Gasteiger partial charge in [0.1, 0.15) is 11.3 Å². The molecule has 1 heterocycles. The molecule has 4 rings (SSSR count). The van der Waals surface area contributed by atoms with Gasteiger partial charge in [0.2, 0.25) is 0 Å². The second-order valence-electron chi connectivity index (χ2n) is 6.82. The van der Waals surface area contributed by atoms with Crippen LogP contribution in [0.3, 0.4) is 0 Å². The van der Waals surface area contributed by atoms with Crippen molar-refractivity contribution in [1.29, 1.82) is 0 Å². The number of oxazole rings is 1. The van der Waals surface area contributed by atoms with E-state index in [0.29, 0.717) is 23.7 Å². The zero-order chi connectivity index (χ0) is 19.7. The van der Waals surface area contributed by atoms with E-state index < -0.39 is 6.61 Å². The molecule has 0 radical (unpaired) electrons. The number of halogens is 2. The lowest BCUT2D eigenvalue weighted by Crippen LogP contribution is -2.30. The van der Waals surface area contributed by atoms with Crippen molar-refractivity contribution in [3.8, 4) is 5.75 Å². The molecule has 1 fully saturated rings. The van der Waals surface area contributed by atoms with Crippen molar-refractivity contribution in [3.05, 3.63) is 53.9 Å². The topological polar surface area (TPSA) is 67.6 Å². The van der Waals surface area contributed by atoms with Gasteiger partial charge in [-0.15, -0.1) is 0 Å². The van der Waals surface area contributed by atoms with E-state index >= 15 is 0 Å². The molecule has 0 atom stereocenters. The highest BCUT2D eigenvalue weighted by Gasteiger charge is 2.28. The smallest absolute Gasteiger partial charge is 0.387 e. The molecule has 1 aliphatic rings. The van der Waals surface area contributed by atoms with Gasteiger partial charge in [-0.2, -0.15) is 8.78 Å². The summed E-state index contributed by atoms with van der Waals surface area (Å²) in [5.41, 5.74) is 2.84. The van der Waals surface area contributed by atoms with E-state index in [9.17, 15) is 13.6 Å². The summed E-state index contributed by atoms with van der Waals surface area (Å²) in [5.74, 6) is 1.27. The molecule has 1 saturated carbocycles. The van der Waals surface area contributed by atoms with Crippen LogP contribution in [-0.2, 0) is 6.54 Å². The number of nitrogens with zero attached hydrogens (tertiary/aromatic N) is 2. The zero-order valence-corrected chi connectivity index (χ0v) is 15.2. The normalized spacial score (nSPS) is 13.7. The second kappa shape index (κ2) is 7.46. The molecule has 28 heavy (non-hydrogen) atoms. The molecule has 0 bridgehead atoms. The molecule has 0 saturated heterocycles. The molecule has 6 nitrogen and oxygen atoms in total. The number of nitrogens with one attached hydrogen (secondary N) is 1. The number of anilines is 1. The fourth-order valence-electron chi connectivity index (χ4n) is 2.87. The average Bonchev–Trinajstić information content (AvgIpc) is 3.42. The third-order valence-corrected chi connectivity index (χ3v) is 4.50. The molecule has 0 aliphatic heterocycles. The highest BCUT2D eigenvalue weighted by Crippen LogP contribution is 2.40. The van der Waals surface area contributed by atoms with Crippen LogP contribution in [0.4, 0.5) is 19.3 Å². The quantitative estimate of drug-likeness (QED) is 0.648. The Balaban J connectivity index is 1.37. The molecule has 1 N–H and O–H groups in total. The number of ether oxygens (including phenoxy) is 1. The van der Waals surface area contributed by atoms with Gasteiger partial charge in [-0.05, 0) is 48.7 Å². The van der Waals surface area contributed by atoms with Gasteiger partial charge in [-0.3, -0.25) is 0 Å². The lowest BCUT2D eigenvalue weighted by molar-refractivity contribution is -0.0498. The van der Waals surface area contributed by atoms with Crippen molar-refractivity contribution in [2.24, 2.45) is 0 Å². The van der Waals surface area contributed by atoms with Crippen molar-refractivity contribution in [3.63, 3.8) is 0 Å². The number of amides is 2. The minimum Gasteiger partial charge on any atom is -0.440 e. The van der Waals surface area contributed by atoms with Crippen LogP contribution in [0.1, 0.15) is 30.2 Å². The van der Waals surface area contributed by atoms with Gasteiger partial charge in [-0.1, -0.05) is 12.1 Å². The standard InChI is InChI=1S/C20H19F2N3O3/c1-25(11-12-2-7-15(8-3-12)27-19(21)22)20(26)23-14-6-9-17-16(10-14)24-18(28-17)13-4-5-13/h2-3,6-10,13,19H,4-5,11H2,1H3,(H,23,26). The summed E-state index contributed by atoms with van der Waals surface area (Å²) < 4.78 is 34.4. The van der Waals surface area contributed by atoms with Crippen LogP contribution in [0.2, 0.25) is 0 Å². The molecule has 146 valence electrons. The number of carbonyl (C=O) groups is 1. The zero-order valence-electron chi connectivity index (χ0n) is 15.2. The number of carbonyl (C=O) groups excluding carboxylic acids is 1. The number of alkyl halides is 2. The molecule has 8 heteroatoms. The number of benzene rings is 2. The van der Waals surface area contributed by atoms with E-state index in [1.165, 1.54) is 17.0 Å². The summed E-state index contributed by atoms with van der Waals surface area (Å²) in [6, 6.07) is 11.2. The molecular weight excluding hydrogens is 368 g/mol. The Morgan fingerprint density at radius 2 is 2.04 bits per heavy atom. The summed E-state index contributed by atoms with van der Waals surface area (Å²) in [6.45, 7) is -2.54. The lowest BCUT2D eigenvalue weighted by atomic mass is 10.2. The monoisotopic (exact) mass is 387 g/mol. The third-order valence-electron chi connectivity index (χ3n) is 4.50. The van der Waals surface area contributed by atoms with E-state index in [-0.39, 0.29) is 11.8 Å². The minimum atomic E-state index is -2.86. The Morgan fingerprint density at radius 3 is 2.71 bits per heavy atom. The Labute approximate surface area is 160 Å². The third kappa shape index (κ3) is 4.21. The first-order chi connectivity index (χ1) is 13.5. The minimum absolute atomic E-state index is 0.0809. The fourth-order valence-corrected chi connectivity index (χ4v) is 2.87. The molecule has 2 amide bonds. The molecule has 0 spiro atoms. The highest BCUT2D eigenvalue weighted by atomic mass is 19.3.